The van der Waals surface area contributed by atoms with Crippen molar-refractivity contribution in [3.8, 4) is 0 Å². The summed E-state index contributed by atoms with van der Waals surface area (Å²) in [5.74, 6) is -0.0399. The van der Waals surface area contributed by atoms with Gasteiger partial charge in [-0.2, -0.15) is 0 Å². The number of likely N-dealkylation sites (tertiary alicyclic amines) is 1. The van der Waals surface area contributed by atoms with Crippen molar-refractivity contribution in [3.05, 3.63) is 90.0 Å². The molecule has 2 heterocycles. The largest absolute Gasteiger partial charge is 0.327 e. The van der Waals surface area contributed by atoms with Crippen molar-refractivity contribution in [1.82, 2.24) is 14.7 Å². The second-order valence-corrected chi connectivity index (χ2v) is 9.20. The lowest BCUT2D eigenvalue weighted by molar-refractivity contribution is -0.135. The molecule has 5 rings (SSSR count). The Balaban J connectivity index is 1.28. The average Bonchev–Trinajstić information content (AvgIpc) is 3.07. The lowest BCUT2D eigenvalue weighted by Crippen LogP contribution is -2.56. The number of hydrogen-bond donors (Lipinski definition) is 0. The summed E-state index contributed by atoms with van der Waals surface area (Å²) in [7, 11) is 0. The predicted molar refractivity (Wildman–Crippen MR) is 136 cm³/mol. The SMILES string of the molecule is CCN1C(=O)N(CC=Cc2ccccc2)C(=O)C12CCN(Cc1cccc3ccccc13)CC2. The fourth-order valence-electron chi connectivity index (χ4n) is 5.48. The van der Waals surface area contributed by atoms with Gasteiger partial charge >= 0.3 is 6.03 Å². The van der Waals surface area contributed by atoms with Crippen molar-refractivity contribution in [1.29, 1.82) is 0 Å². The van der Waals surface area contributed by atoms with E-state index in [-0.39, 0.29) is 11.9 Å². The predicted octanol–water partition coefficient (Wildman–Crippen LogP) is 5.17. The molecule has 0 saturated carbocycles. The minimum atomic E-state index is -0.707. The highest BCUT2D eigenvalue weighted by Gasteiger charge is 2.56. The normalized spacial score (nSPS) is 18.6. The van der Waals surface area contributed by atoms with Gasteiger partial charge in [0.2, 0.25) is 0 Å². The van der Waals surface area contributed by atoms with E-state index < -0.39 is 5.54 Å². The molecule has 0 N–H and O–H groups in total. The Morgan fingerprint density at radius 3 is 2.35 bits per heavy atom. The van der Waals surface area contributed by atoms with Crippen molar-refractivity contribution < 1.29 is 9.59 Å². The third-order valence-corrected chi connectivity index (χ3v) is 7.29. The first kappa shape index (κ1) is 22.4. The van der Waals surface area contributed by atoms with Crippen LogP contribution < -0.4 is 0 Å². The molecule has 0 radical (unpaired) electrons. The van der Waals surface area contributed by atoms with Crippen LogP contribution in [0, 0.1) is 0 Å². The molecule has 1 spiro atoms. The van der Waals surface area contributed by atoms with E-state index in [0.717, 1.165) is 25.2 Å². The second kappa shape index (κ2) is 9.43. The number of benzene rings is 3. The number of amides is 3. The number of hydrogen-bond acceptors (Lipinski definition) is 3. The molecule has 5 heteroatoms. The molecule has 3 aromatic rings. The van der Waals surface area contributed by atoms with Crippen molar-refractivity contribution in [2.45, 2.75) is 31.8 Å². The highest BCUT2D eigenvalue weighted by atomic mass is 16.2. The Labute approximate surface area is 201 Å². The molecule has 34 heavy (non-hydrogen) atoms. The molecule has 3 amide bonds. The van der Waals surface area contributed by atoms with Crippen LogP contribution in [0.3, 0.4) is 0 Å². The molecule has 3 aromatic carbocycles. The van der Waals surface area contributed by atoms with E-state index in [1.54, 1.807) is 4.90 Å². The van der Waals surface area contributed by atoms with Crippen LogP contribution in [0.5, 0.6) is 0 Å². The molecule has 0 bridgehead atoms. The van der Waals surface area contributed by atoms with Gasteiger partial charge in [0, 0.05) is 32.7 Å². The summed E-state index contributed by atoms with van der Waals surface area (Å²) in [6, 6.07) is 24.7. The lowest BCUT2D eigenvalue weighted by atomic mass is 9.85. The third-order valence-electron chi connectivity index (χ3n) is 7.29. The number of rotatable bonds is 6. The van der Waals surface area contributed by atoms with Gasteiger partial charge in [-0.3, -0.25) is 14.6 Å². The minimum Gasteiger partial charge on any atom is -0.310 e. The summed E-state index contributed by atoms with van der Waals surface area (Å²) < 4.78 is 0. The molecule has 2 saturated heterocycles. The van der Waals surface area contributed by atoms with Gasteiger partial charge in [-0.15, -0.1) is 0 Å². The summed E-state index contributed by atoms with van der Waals surface area (Å²) in [6.07, 6.45) is 5.23. The van der Waals surface area contributed by atoms with E-state index in [0.29, 0.717) is 25.9 Å². The van der Waals surface area contributed by atoms with Gasteiger partial charge in [0.1, 0.15) is 5.54 Å². The first-order valence-corrected chi connectivity index (χ1v) is 12.2. The molecular weight excluding hydrogens is 422 g/mol. The number of piperidine rings is 1. The summed E-state index contributed by atoms with van der Waals surface area (Å²) in [6.45, 7) is 5.28. The van der Waals surface area contributed by atoms with Crippen LogP contribution in [0.4, 0.5) is 4.79 Å². The lowest BCUT2D eigenvalue weighted by Gasteiger charge is -2.42. The zero-order valence-electron chi connectivity index (χ0n) is 19.7. The van der Waals surface area contributed by atoms with Crippen LogP contribution in [0.15, 0.2) is 78.9 Å². The quantitative estimate of drug-likeness (QED) is 0.484. The maximum absolute atomic E-state index is 13.6. The van der Waals surface area contributed by atoms with Crippen LogP contribution in [-0.4, -0.2) is 58.4 Å². The van der Waals surface area contributed by atoms with Crippen LogP contribution in [0.2, 0.25) is 0 Å². The fourth-order valence-corrected chi connectivity index (χ4v) is 5.48. The maximum atomic E-state index is 13.6. The topological polar surface area (TPSA) is 43.9 Å². The maximum Gasteiger partial charge on any atom is 0.327 e. The Morgan fingerprint density at radius 2 is 1.59 bits per heavy atom. The van der Waals surface area contributed by atoms with Crippen LogP contribution in [-0.2, 0) is 11.3 Å². The van der Waals surface area contributed by atoms with Gasteiger partial charge in [-0.25, -0.2) is 4.79 Å². The van der Waals surface area contributed by atoms with Gasteiger partial charge in [0.25, 0.3) is 5.91 Å². The van der Waals surface area contributed by atoms with Crippen molar-refractivity contribution in [3.63, 3.8) is 0 Å². The zero-order chi connectivity index (χ0) is 23.5. The molecule has 5 nitrogen and oxygen atoms in total. The standard InChI is InChI=1S/C29H31N3O2/c1-2-32-28(34)31(19-9-12-23-10-4-3-5-11-23)27(33)29(32)17-20-30(21-18-29)22-25-15-8-14-24-13-6-7-16-26(24)25/h3-16H,2,17-22H2,1H3. The van der Waals surface area contributed by atoms with E-state index in [9.17, 15) is 9.59 Å². The summed E-state index contributed by atoms with van der Waals surface area (Å²) >= 11 is 0. The molecule has 2 fully saturated rings. The zero-order valence-corrected chi connectivity index (χ0v) is 19.7. The van der Waals surface area contributed by atoms with Crippen LogP contribution in [0.1, 0.15) is 30.9 Å². The summed E-state index contributed by atoms with van der Waals surface area (Å²) in [5.41, 5.74) is 1.66. The molecule has 0 unspecified atom stereocenters. The van der Waals surface area contributed by atoms with Gasteiger partial charge in [0.15, 0.2) is 0 Å². The first-order valence-electron chi connectivity index (χ1n) is 12.2. The molecule has 0 atom stereocenters. The Morgan fingerprint density at radius 1 is 0.882 bits per heavy atom. The number of likely N-dealkylation sites (N-methyl/N-ethyl adjacent to an activating group) is 1. The van der Waals surface area contributed by atoms with Gasteiger partial charge in [0.05, 0.1) is 0 Å². The summed E-state index contributed by atoms with van der Waals surface area (Å²) in [5, 5.41) is 2.53. The van der Waals surface area contributed by atoms with Crippen molar-refractivity contribution >= 4 is 28.8 Å². The third kappa shape index (κ3) is 4.01. The molecular formula is C29H31N3O2. The molecule has 0 aliphatic carbocycles. The number of imide groups is 1. The number of urea groups is 1. The smallest absolute Gasteiger partial charge is 0.310 e. The van der Waals surface area contributed by atoms with Crippen LogP contribution >= 0.6 is 0 Å². The molecule has 0 aromatic heterocycles. The average molecular weight is 454 g/mol. The Hall–Kier alpha value is -3.44. The van der Waals surface area contributed by atoms with E-state index in [1.165, 1.54) is 21.2 Å². The number of carbonyl (C=O) groups is 2. The molecule has 2 aliphatic rings. The van der Waals surface area contributed by atoms with Gasteiger partial charge in [-0.1, -0.05) is 84.9 Å². The van der Waals surface area contributed by atoms with Gasteiger partial charge in [-0.05, 0) is 41.7 Å². The molecule has 174 valence electrons. The van der Waals surface area contributed by atoms with Crippen LogP contribution in [0.25, 0.3) is 16.8 Å². The van der Waals surface area contributed by atoms with E-state index in [1.807, 2.05) is 49.4 Å². The highest BCUT2D eigenvalue weighted by Crippen LogP contribution is 2.37. The van der Waals surface area contributed by atoms with E-state index in [2.05, 4.69) is 47.4 Å². The monoisotopic (exact) mass is 453 g/mol. The first-order chi connectivity index (χ1) is 16.6. The molecule has 2 aliphatic heterocycles. The Kier molecular flexibility index (Phi) is 6.20. The van der Waals surface area contributed by atoms with Gasteiger partial charge < -0.3 is 4.90 Å². The summed E-state index contributed by atoms with van der Waals surface area (Å²) in [4.78, 5) is 32.4. The highest BCUT2D eigenvalue weighted by molar-refractivity contribution is 6.07. The second-order valence-electron chi connectivity index (χ2n) is 9.20. The van der Waals surface area contributed by atoms with E-state index in [4.69, 9.17) is 0 Å². The van der Waals surface area contributed by atoms with Crippen molar-refractivity contribution in [2.24, 2.45) is 0 Å². The number of fused-ring (bicyclic) bond motifs is 1. The number of nitrogens with zero attached hydrogens (tertiary/aromatic N) is 3. The van der Waals surface area contributed by atoms with Crippen molar-refractivity contribution in [2.75, 3.05) is 26.2 Å². The Bertz CT molecular complexity index is 1210. The number of carbonyl (C=O) groups excluding carboxylic acids is 2. The minimum absolute atomic E-state index is 0.0399. The van der Waals surface area contributed by atoms with E-state index >= 15 is 0 Å². The fraction of sp³-hybridized carbons (Fsp3) is 0.310.